The molecule has 1 rings (SSSR count). The number of nitrogens with one attached hydrogen (secondary N) is 1. The third kappa shape index (κ3) is 3.58. The van der Waals surface area contributed by atoms with E-state index in [1.165, 1.54) is 9.35 Å². The first kappa shape index (κ1) is 13.2. The van der Waals surface area contributed by atoms with Crippen LogP contribution in [0, 0.1) is 11.8 Å². The van der Waals surface area contributed by atoms with Crippen molar-refractivity contribution in [3.63, 3.8) is 0 Å². The van der Waals surface area contributed by atoms with Crippen molar-refractivity contribution < 1.29 is 0 Å². The van der Waals surface area contributed by atoms with Crippen LogP contribution in [0.1, 0.15) is 25.6 Å². The van der Waals surface area contributed by atoms with E-state index in [9.17, 15) is 0 Å². The van der Waals surface area contributed by atoms with Crippen molar-refractivity contribution in [3.05, 3.63) is 20.8 Å². The van der Waals surface area contributed by atoms with E-state index in [0.29, 0.717) is 12.0 Å². The highest BCUT2D eigenvalue weighted by atomic mass is 79.9. The minimum atomic E-state index is 0.569. The van der Waals surface area contributed by atoms with E-state index >= 15 is 0 Å². The van der Waals surface area contributed by atoms with E-state index in [1.54, 1.807) is 0 Å². The molecule has 1 aromatic heterocycles. The van der Waals surface area contributed by atoms with Gasteiger partial charge in [-0.3, -0.25) is 0 Å². The number of hydrogen-bond acceptors (Lipinski definition) is 2. The molecule has 1 heterocycles. The Morgan fingerprint density at radius 3 is 2.47 bits per heavy atom. The van der Waals surface area contributed by atoms with E-state index in [4.69, 9.17) is 0 Å². The maximum absolute atomic E-state index is 3.59. The van der Waals surface area contributed by atoms with Crippen LogP contribution in [0.25, 0.3) is 0 Å². The molecule has 1 nitrogen and oxygen atoms in total. The maximum atomic E-state index is 3.59. The van der Waals surface area contributed by atoms with Gasteiger partial charge >= 0.3 is 0 Å². The largest absolute Gasteiger partial charge is 0.316 e. The number of hydrogen-bond donors (Lipinski definition) is 1. The molecule has 0 bridgehead atoms. The second-order valence-corrected chi connectivity index (χ2v) is 6.25. The SMILES string of the molecule is CNC(Cc1sccc1Br)C(C)C(C)C. The van der Waals surface area contributed by atoms with Crippen LogP contribution in [0.2, 0.25) is 0 Å². The van der Waals surface area contributed by atoms with Gasteiger partial charge in [-0.1, -0.05) is 20.8 Å². The Kier molecular flexibility index (Phi) is 5.30. The van der Waals surface area contributed by atoms with Crippen molar-refractivity contribution in [2.45, 2.75) is 33.2 Å². The zero-order chi connectivity index (χ0) is 11.4. The Labute approximate surface area is 105 Å². The van der Waals surface area contributed by atoms with Gasteiger partial charge in [-0.15, -0.1) is 11.3 Å². The van der Waals surface area contributed by atoms with Crippen LogP contribution in [0.5, 0.6) is 0 Å². The van der Waals surface area contributed by atoms with Gasteiger partial charge in [0.25, 0.3) is 0 Å². The molecule has 0 radical (unpaired) electrons. The van der Waals surface area contributed by atoms with Gasteiger partial charge < -0.3 is 5.32 Å². The standard InChI is InChI=1S/C12H20BrNS/c1-8(2)9(3)11(14-4)7-12-10(13)5-6-15-12/h5-6,8-9,11,14H,7H2,1-4H3. The molecule has 0 aliphatic rings. The molecule has 0 amide bonds. The van der Waals surface area contributed by atoms with Crippen molar-refractivity contribution in [1.82, 2.24) is 5.32 Å². The smallest absolute Gasteiger partial charge is 0.0314 e. The predicted octanol–water partition coefficient (Wildman–Crippen LogP) is 3.93. The van der Waals surface area contributed by atoms with Gasteiger partial charge in [-0.2, -0.15) is 0 Å². The summed E-state index contributed by atoms with van der Waals surface area (Å²) in [5.74, 6) is 1.42. The summed E-state index contributed by atoms with van der Waals surface area (Å²) in [4.78, 5) is 1.45. The summed E-state index contributed by atoms with van der Waals surface area (Å²) >= 11 is 5.43. The average molecular weight is 290 g/mol. The lowest BCUT2D eigenvalue weighted by Crippen LogP contribution is -2.36. The molecule has 3 heteroatoms. The van der Waals surface area contributed by atoms with Crippen molar-refractivity contribution >= 4 is 27.3 Å². The quantitative estimate of drug-likeness (QED) is 0.866. The molecular formula is C12H20BrNS. The van der Waals surface area contributed by atoms with Gasteiger partial charge in [0, 0.05) is 15.4 Å². The van der Waals surface area contributed by atoms with Crippen LogP contribution >= 0.6 is 27.3 Å². The molecule has 0 aliphatic carbocycles. The molecule has 15 heavy (non-hydrogen) atoms. The highest BCUT2D eigenvalue weighted by Crippen LogP contribution is 2.26. The Hall–Kier alpha value is 0.140. The summed E-state index contributed by atoms with van der Waals surface area (Å²) in [7, 11) is 2.06. The zero-order valence-corrected chi connectivity index (χ0v) is 12.3. The Morgan fingerprint density at radius 2 is 2.07 bits per heavy atom. The summed E-state index contributed by atoms with van der Waals surface area (Å²) in [6.45, 7) is 6.91. The maximum Gasteiger partial charge on any atom is 0.0314 e. The van der Waals surface area contributed by atoms with E-state index in [2.05, 4.69) is 60.5 Å². The fourth-order valence-electron chi connectivity index (χ4n) is 1.69. The van der Waals surface area contributed by atoms with E-state index < -0.39 is 0 Å². The van der Waals surface area contributed by atoms with Crippen LogP contribution in [-0.2, 0) is 6.42 Å². The minimum Gasteiger partial charge on any atom is -0.316 e. The number of likely N-dealkylation sites (N-methyl/N-ethyl adjacent to an activating group) is 1. The molecule has 0 spiro atoms. The van der Waals surface area contributed by atoms with Crippen LogP contribution < -0.4 is 5.32 Å². The van der Waals surface area contributed by atoms with Gasteiger partial charge in [0.2, 0.25) is 0 Å². The van der Waals surface area contributed by atoms with Gasteiger partial charge in [-0.05, 0) is 52.7 Å². The summed E-state index contributed by atoms with van der Waals surface area (Å²) in [5, 5.41) is 5.58. The molecule has 2 unspecified atom stereocenters. The summed E-state index contributed by atoms with van der Waals surface area (Å²) in [5.41, 5.74) is 0. The monoisotopic (exact) mass is 289 g/mol. The van der Waals surface area contributed by atoms with Crippen molar-refractivity contribution in [2.24, 2.45) is 11.8 Å². The van der Waals surface area contributed by atoms with Gasteiger partial charge in [0.05, 0.1) is 0 Å². The summed E-state index contributed by atoms with van der Waals surface area (Å²) < 4.78 is 1.25. The first-order valence-electron chi connectivity index (χ1n) is 5.45. The highest BCUT2D eigenvalue weighted by molar-refractivity contribution is 9.10. The topological polar surface area (TPSA) is 12.0 Å². The Morgan fingerprint density at radius 1 is 1.40 bits per heavy atom. The van der Waals surface area contributed by atoms with Crippen LogP contribution in [0.3, 0.4) is 0 Å². The number of thiophene rings is 1. The van der Waals surface area contributed by atoms with Crippen LogP contribution in [-0.4, -0.2) is 13.1 Å². The minimum absolute atomic E-state index is 0.569. The zero-order valence-electron chi connectivity index (χ0n) is 9.88. The summed E-state index contributed by atoms with van der Waals surface area (Å²) in [6, 6.07) is 2.70. The molecule has 1 aromatic rings. The van der Waals surface area contributed by atoms with Crippen molar-refractivity contribution in [3.8, 4) is 0 Å². The Bertz CT molecular complexity index is 296. The second kappa shape index (κ2) is 6.02. The third-order valence-corrected chi connectivity index (χ3v) is 5.10. The average Bonchev–Trinajstić information content (AvgIpc) is 2.59. The molecule has 2 atom stereocenters. The van der Waals surface area contributed by atoms with E-state index in [1.807, 2.05) is 11.3 Å². The fourth-order valence-corrected chi connectivity index (χ4v) is 3.26. The lowest BCUT2D eigenvalue weighted by molar-refractivity contribution is 0.310. The van der Waals surface area contributed by atoms with Crippen molar-refractivity contribution in [2.75, 3.05) is 7.05 Å². The van der Waals surface area contributed by atoms with E-state index in [0.717, 1.165) is 12.3 Å². The molecular weight excluding hydrogens is 270 g/mol. The predicted molar refractivity (Wildman–Crippen MR) is 72.6 cm³/mol. The van der Waals surface area contributed by atoms with Crippen LogP contribution in [0.15, 0.2) is 15.9 Å². The summed E-state index contributed by atoms with van der Waals surface area (Å²) in [6.07, 6.45) is 1.12. The third-order valence-electron chi connectivity index (χ3n) is 3.15. The number of rotatable bonds is 5. The van der Waals surface area contributed by atoms with Gasteiger partial charge in [0.1, 0.15) is 0 Å². The first-order valence-corrected chi connectivity index (χ1v) is 7.12. The van der Waals surface area contributed by atoms with Gasteiger partial charge in [0.15, 0.2) is 0 Å². The molecule has 86 valence electrons. The molecule has 0 aliphatic heterocycles. The fraction of sp³-hybridized carbons (Fsp3) is 0.667. The normalized spacial score (nSPS) is 15.6. The van der Waals surface area contributed by atoms with E-state index in [-0.39, 0.29) is 0 Å². The Balaban J connectivity index is 2.65. The number of halogens is 1. The lowest BCUT2D eigenvalue weighted by atomic mass is 9.88. The molecule has 0 saturated carbocycles. The molecule has 0 fully saturated rings. The molecule has 0 saturated heterocycles. The highest BCUT2D eigenvalue weighted by Gasteiger charge is 2.20. The molecule has 0 aromatic carbocycles. The second-order valence-electron chi connectivity index (χ2n) is 4.39. The van der Waals surface area contributed by atoms with Crippen LogP contribution in [0.4, 0.5) is 0 Å². The first-order chi connectivity index (χ1) is 7.06. The van der Waals surface area contributed by atoms with Gasteiger partial charge in [-0.25, -0.2) is 0 Å². The molecule has 1 N–H and O–H groups in total. The van der Waals surface area contributed by atoms with Crippen molar-refractivity contribution in [1.29, 1.82) is 0 Å². The lowest BCUT2D eigenvalue weighted by Gasteiger charge is -2.26.